The Hall–Kier alpha value is -2.47. The molecule has 9 N–H and O–H groups in total. The van der Waals surface area contributed by atoms with Crippen LogP contribution < -0.4 is 26.2 Å². The van der Waals surface area contributed by atoms with Crippen LogP contribution in [0.5, 0.6) is 0 Å². The number of piperidine rings is 1. The minimum atomic E-state index is -4.59. The number of aliphatic hydroxyl groups excluding tert-OH is 1. The van der Waals surface area contributed by atoms with E-state index in [0.29, 0.717) is 25.3 Å². The van der Waals surface area contributed by atoms with Gasteiger partial charge in [0.2, 0.25) is 25.9 Å². The summed E-state index contributed by atoms with van der Waals surface area (Å²) in [5.41, 5.74) is 12.3. The lowest BCUT2D eigenvalue weighted by molar-refractivity contribution is 0.186. The van der Waals surface area contributed by atoms with Crippen molar-refractivity contribution in [3.8, 4) is 11.4 Å². The molecule has 0 saturated carbocycles. The van der Waals surface area contributed by atoms with E-state index in [4.69, 9.17) is 16.6 Å². The lowest BCUT2D eigenvalue weighted by Gasteiger charge is -2.32. The van der Waals surface area contributed by atoms with Gasteiger partial charge >= 0.3 is 0 Å². The fourth-order valence-corrected chi connectivity index (χ4v) is 6.27. The quantitative estimate of drug-likeness (QED) is 0.198. The predicted molar refractivity (Wildman–Crippen MR) is 120 cm³/mol. The molecule has 33 heavy (non-hydrogen) atoms. The van der Waals surface area contributed by atoms with Gasteiger partial charge in [-0.25, -0.2) is 26.7 Å². The van der Waals surface area contributed by atoms with Crippen LogP contribution in [0.4, 0.5) is 5.69 Å². The van der Waals surface area contributed by atoms with Crippen LogP contribution in [0.1, 0.15) is 12.8 Å². The van der Waals surface area contributed by atoms with Crippen molar-refractivity contribution in [2.75, 3.05) is 37.6 Å². The van der Waals surface area contributed by atoms with Crippen LogP contribution >= 0.6 is 0 Å². The third-order valence-corrected chi connectivity index (χ3v) is 7.68. The molecular formula is C17H27N9O5S2. The van der Waals surface area contributed by atoms with Crippen molar-refractivity contribution in [1.82, 2.24) is 25.3 Å². The molecule has 3 rings (SSSR count). The van der Waals surface area contributed by atoms with Gasteiger partial charge in [0.05, 0.1) is 11.7 Å². The van der Waals surface area contributed by atoms with Crippen molar-refractivity contribution in [3.63, 3.8) is 0 Å². The molecule has 1 aliphatic heterocycles. The maximum Gasteiger partial charge on any atom is 0.242 e. The van der Waals surface area contributed by atoms with Crippen molar-refractivity contribution in [2.24, 2.45) is 16.6 Å². The number of benzene rings is 1. The summed E-state index contributed by atoms with van der Waals surface area (Å²) < 4.78 is 53.5. The van der Waals surface area contributed by atoms with E-state index in [1.807, 2.05) is 11.0 Å². The Bertz CT molecular complexity index is 1210. The number of hydrogen-bond acceptors (Lipinski definition) is 11. The molecule has 2 heterocycles. The lowest BCUT2D eigenvalue weighted by atomic mass is 10.0. The number of primary sulfonamides is 1. The first kappa shape index (κ1) is 25.2. The van der Waals surface area contributed by atoms with Crippen molar-refractivity contribution in [3.05, 3.63) is 23.8 Å². The summed E-state index contributed by atoms with van der Waals surface area (Å²) in [4.78, 5) is 0.603. The molecular weight excluding hydrogens is 474 g/mol. The average molecular weight is 502 g/mol. The van der Waals surface area contributed by atoms with Crippen LogP contribution in [0.3, 0.4) is 0 Å². The number of aliphatic hydroxyl groups is 1. The summed E-state index contributed by atoms with van der Waals surface area (Å²) in [6.07, 6.45) is 2.36. The molecule has 182 valence electrons. The molecule has 1 fully saturated rings. The molecule has 16 heteroatoms. The van der Waals surface area contributed by atoms with E-state index in [-0.39, 0.29) is 17.9 Å². The van der Waals surface area contributed by atoms with Crippen molar-refractivity contribution in [2.45, 2.75) is 28.7 Å². The molecule has 0 bridgehead atoms. The van der Waals surface area contributed by atoms with Crippen molar-refractivity contribution >= 4 is 25.7 Å². The summed E-state index contributed by atoms with van der Waals surface area (Å²) in [6, 6.07) is 2.62. The standard InChI is InChI=1S/C17H27N9O5S2/c18-6-5-11-2-1-7-26(10-11)13-3-4-14(33(30,31)21-9-12(27)8-19)16(32(20,28)29)15(13)17-22-24-25-23-17/h3-5,12,21,27H,1-2,6-10,18-19H2,(H2,20,28,29)(H,22,23,24,25)/t12-/m1/s1. The fraction of sp³-hybridized carbons (Fsp3) is 0.471. The summed E-state index contributed by atoms with van der Waals surface area (Å²) in [6.45, 7) is 0.788. The van der Waals surface area contributed by atoms with E-state index >= 15 is 0 Å². The van der Waals surface area contributed by atoms with E-state index in [2.05, 4.69) is 25.3 Å². The molecule has 2 aromatic rings. The first-order valence-corrected chi connectivity index (χ1v) is 13.1. The second-order valence-corrected chi connectivity index (χ2v) is 10.7. The smallest absolute Gasteiger partial charge is 0.242 e. The van der Waals surface area contributed by atoms with Crippen molar-refractivity contribution < 1.29 is 21.9 Å². The highest BCUT2D eigenvalue weighted by Gasteiger charge is 2.33. The minimum absolute atomic E-state index is 0.0949. The van der Waals surface area contributed by atoms with Gasteiger partial charge in [-0.15, -0.1) is 10.2 Å². The molecule has 1 aliphatic rings. The Labute approximate surface area is 191 Å². The highest BCUT2D eigenvalue weighted by molar-refractivity contribution is 7.92. The summed E-state index contributed by atoms with van der Waals surface area (Å²) in [5, 5.41) is 28.6. The Balaban J connectivity index is 2.23. The maximum absolute atomic E-state index is 13.0. The van der Waals surface area contributed by atoms with E-state index in [1.165, 1.54) is 6.07 Å². The van der Waals surface area contributed by atoms with Gasteiger partial charge in [-0.1, -0.05) is 11.6 Å². The number of anilines is 1. The number of nitrogens with two attached hydrogens (primary N) is 3. The number of tetrazole rings is 1. The highest BCUT2D eigenvalue weighted by atomic mass is 32.2. The molecule has 1 aromatic heterocycles. The monoisotopic (exact) mass is 501 g/mol. The molecule has 0 aliphatic carbocycles. The zero-order valence-electron chi connectivity index (χ0n) is 17.7. The molecule has 14 nitrogen and oxygen atoms in total. The van der Waals surface area contributed by atoms with Gasteiger partial charge in [0.15, 0.2) is 0 Å². The van der Waals surface area contributed by atoms with E-state index in [1.54, 1.807) is 0 Å². The van der Waals surface area contributed by atoms with Gasteiger partial charge in [0, 0.05) is 38.4 Å². The molecule has 1 saturated heterocycles. The molecule has 1 atom stereocenters. The second-order valence-electron chi connectivity index (χ2n) is 7.43. The van der Waals surface area contributed by atoms with E-state index in [9.17, 15) is 21.9 Å². The zero-order valence-corrected chi connectivity index (χ0v) is 19.3. The molecule has 0 spiro atoms. The third-order valence-electron chi connectivity index (χ3n) is 5.09. The fourth-order valence-electron chi connectivity index (χ4n) is 3.60. The normalized spacial score (nSPS) is 17.5. The van der Waals surface area contributed by atoms with Gasteiger partial charge in [-0.05, 0) is 30.2 Å². The molecule has 1 aromatic carbocycles. The summed E-state index contributed by atoms with van der Waals surface area (Å²) in [7, 11) is -9.01. The van der Waals surface area contributed by atoms with Gasteiger partial charge < -0.3 is 21.5 Å². The van der Waals surface area contributed by atoms with Gasteiger partial charge in [0.25, 0.3) is 0 Å². The Morgan fingerprint density at radius 3 is 2.64 bits per heavy atom. The van der Waals surface area contributed by atoms with Crippen LogP contribution in [0.2, 0.25) is 0 Å². The van der Waals surface area contributed by atoms with Gasteiger partial charge in [-0.2, -0.15) is 5.21 Å². The minimum Gasteiger partial charge on any atom is -0.390 e. The Kier molecular flexibility index (Phi) is 7.78. The van der Waals surface area contributed by atoms with Gasteiger partial charge in [-0.3, -0.25) is 0 Å². The third kappa shape index (κ3) is 5.72. The highest BCUT2D eigenvalue weighted by Crippen LogP contribution is 2.39. The average Bonchev–Trinajstić information content (AvgIpc) is 3.31. The number of aromatic nitrogens is 4. The topological polar surface area (TPSA) is 236 Å². The Morgan fingerprint density at radius 1 is 1.27 bits per heavy atom. The summed E-state index contributed by atoms with van der Waals surface area (Å²) >= 11 is 0. The summed E-state index contributed by atoms with van der Waals surface area (Å²) in [5.74, 6) is -0.136. The van der Waals surface area contributed by atoms with Gasteiger partial charge in [0.1, 0.15) is 9.79 Å². The number of H-pyrrole nitrogens is 1. The molecule has 0 unspecified atom stereocenters. The largest absolute Gasteiger partial charge is 0.390 e. The van der Waals surface area contributed by atoms with E-state index in [0.717, 1.165) is 24.5 Å². The first-order valence-electron chi connectivity index (χ1n) is 10.0. The van der Waals surface area contributed by atoms with Crippen LogP contribution in [-0.4, -0.2) is 81.4 Å². The van der Waals surface area contributed by atoms with Crippen LogP contribution in [0.15, 0.2) is 33.6 Å². The Morgan fingerprint density at radius 2 is 2.03 bits per heavy atom. The van der Waals surface area contributed by atoms with Crippen LogP contribution in [0, 0.1) is 0 Å². The SMILES string of the molecule is NCC=C1CCCN(c2ccc(S(=O)(=O)NC[C@H](O)CN)c(S(N)(=O)=O)c2-c2nn[nH]n2)C1. The maximum atomic E-state index is 13.0. The zero-order chi connectivity index (χ0) is 24.2. The molecule has 0 amide bonds. The number of hydrogen-bond donors (Lipinski definition) is 6. The lowest BCUT2D eigenvalue weighted by Crippen LogP contribution is -2.37. The van der Waals surface area contributed by atoms with Crippen LogP contribution in [0.25, 0.3) is 11.4 Å². The number of sulfonamides is 2. The second kappa shape index (κ2) is 10.2. The first-order chi connectivity index (χ1) is 15.6. The van der Waals surface area contributed by atoms with Crippen LogP contribution in [-0.2, 0) is 20.0 Å². The predicted octanol–water partition coefficient (Wildman–Crippen LogP) is -2.40. The number of rotatable bonds is 9. The number of nitrogens with zero attached hydrogens (tertiary/aromatic N) is 4. The molecule has 0 radical (unpaired) electrons. The number of aromatic amines is 1. The van der Waals surface area contributed by atoms with Crippen molar-refractivity contribution in [1.29, 1.82) is 0 Å². The van der Waals surface area contributed by atoms with E-state index < -0.39 is 42.5 Å². The number of nitrogens with one attached hydrogen (secondary N) is 2.